The lowest BCUT2D eigenvalue weighted by atomic mass is 10.1. The molecule has 0 amide bonds. The SMILES string of the molecule is CCCCCCCc1n(CCCC)cc[n+]1CCCCCCC. The third kappa shape index (κ3) is 8.58. The minimum absolute atomic E-state index is 1.20. The van der Waals surface area contributed by atoms with Gasteiger partial charge in [0.15, 0.2) is 0 Å². The zero-order valence-corrected chi connectivity index (χ0v) is 16.2. The summed E-state index contributed by atoms with van der Waals surface area (Å²) >= 11 is 0. The van der Waals surface area contributed by atoms with Gasteiger partial charge in [0.05, 0.1) is 13.1 Å². The van der Waals surface area contributed by atoms with Crippen LogP contribution >= 0.6 is 0 Å². The van der Waals surface area contributed by atoms with Gasteiger partial charge in [-0.1, -0.05) is 72.1 Å². The molecule has 0 saturated carbocycles. The summed E-state index contributed by atoms with van der Waals surface area (Å²) in [6, 6.07) is 0. The van der Waals surface area contributed by atoms with Gasteiger partial charge in [-0.3, -0.25) is 0 Å². The van der Waals surface area contributed by atoms with Crippen LogP contribution in [-0.2, 0) is 19.5 Å². The quantitative estimate of drug-likeness (QED) is 0.274. The molecular formula is C21H41N2+. The van der Waals surface area contributed by atoms with Gasteiger partial charge in [-0.25, -0.2) is 9.13 Å². The fraction of sp³-hybridized carbons (Fsp3) is 0.857. The number of hydrogen-bond donors (Lipinski definition) is 0. The summed E-state index contributed by atoms with van der Waals surface area (Å²) in [6.45, 7) is 9.29. The maximum atomic E-state index is 2.54. The van der Waals surface area contributed by atoms with Crippen molar-refractivity contribution in [1.82, 2.24) is 4.57 Å². The Hall–Kier alpha value is -0.790. The largest absolute Gasteiger partial charge is 0.256 e. The zero-order chi connectivity index (χ0) is 16.8. The normalized spacial score (nSPS) is 11.3. The summed E-state index contributed by atoms with van der Waals surface area (Å²) in [5, 5.41) is 0. The highest BCUT2D eigenvalue weighted by Crippen LogP contribution is 2.09. The number of unbranched alkanes of at least 4 members (excludes halogenated alkanes) is 9. The minimum Gasteiger partial charge on any atom is -0.234 e. The van der Waals surface area contributed by atoms with Gasteiger partial charge in [-0.05, 0) is 25.7 Å². The summed E-state index contributed by atoms with van der Waals surface area (Å²) < 4.78 is 5.07. The van der Waals surface area contributed by atoms with Crippen molar-refractivity contribution >= 4 is 0 Å². The van der Waals surface area contributed by atoms with Crippen LogP contribution in [0, 0.1) is 0 Å². The average Bonchev–Trinajstić information content (AvgIpc) is 2.94. The molecule has 0 fully saturated rings. The van der Waals surface area contributed by atoms with E-state index in [2.05, 4.69) is 42.3 Å². The maximum Gasteiger partial charge on any atom is 0.256 e. The number of rotatable bonds is 15. The summed E-state index contributed by atoms with van der Waals surface area (Å²) in [5.41, 5.74) is 0. The lowest BCUT2D eigenvalue weighted by molar-refractivity contribution is -0.704. The Balaban J connectivity index is 2.48. The van der Waals surface area contributed by atoms with Gasteiger partial charge in [0.1, 0.15) is 12.4 Å². The van der Waals surface area contributed by atoms with E-state index in [4.69, 9.17) is 0 Å². The lowest BCUT2D eigenvalue weighted by Gasteiger charge is -2.06. The molecule has 0 saturated heterocycles. The van der Waals surface area contributed by atoms with Crippen LogP contribution in [0.2, 0.25) is 0 Å². The number of nitrogens with zero attached hydrogens (tertiary/aromatic N) is 2. The second-order valence-corrected chi connectivity index (χ2v) is 7.03. The van der Waals surface area contributed by atoms with E-state index in [9.17, 15) is 0 Å². The molecule has 134 valence electrons. The Bertz CT molecular complexity index is 381. The van der Waals surface area contributed by atoms with Gasteiger partial charge in [-0.2, -0.15) is 0 Å². The van der Waals surface area contributed by atoms with E-state index in [0.29, 0.717) is 0 Å². The molecule has 0 N–H and O–H groups in total. The molecule has 2 nitrogen and oxygen atoms in total. The molecule has 0 radical (unpaired) electrons. The molecule has 0 unspecified atom stereocenters. The third-order valence-electron chi connectivity index (χ3n) is 4.85. The monoisotopic (exact) mass is 321 g/mol. The number of hydrogen-bond acceptors (Lipinski definition) is 0. The number of aryl methyl sites for hydroxylation is 2. The number of imidazole rings is 1. The maximum absolute atomic E-state index is 2.54. The van der Waals surface area contributed by atoms with Crippen LogP contribution in [-0.4, -0.2) is 4.57 Å². The Kier molecular flexibility index (Phi) is 12.0. The minimum atomic E-state index is 1.20. The van der Waals surface area contributed by atoms with Crippen molar-refractivity contribution in [2.24, 2.45) is 0 Å². The summed E-state index contributed by atoms with van der Waals surface area (Å²) in [4.78, 5) is 0. The molecular weight excluding hydrogens is 280 g/mol. The molecule has 0 aromatic carbocycles. The molecule has 2 heteroatoms. The highest BCUT2D eigenvalue weighted by Gasteiger charge is 2.16. The van der Waals surface area contributed by atoms with E-state index in [1.807, 2.05) is 0 Å². The summed E-state index contributed by atoms with van der Waals surface area (Å²) in [5.74, 6) is 1.57. The molecule has 1 heterocycles. The fourth-order valence-corrected chi connectivity index (χ4v) is 3.29. The molecule has 0 spiro atoms. The predicted molar refractivity (Wildman–Crippen MR) is 101 cm³/mol. The van der Waals surface area contributed by atoms with Crippen molar-refractivity contribution in [3.8, 4) is 0 Å². The smallest absolute Gasteiger partial charge is 0.234 e. The van der Waals surface area contributed by atoms with Crippen molar-refractivity contribution in [3.63, 3.8) is 0 Å². The molecule has 0 bridgehead atoms. The van der Waals surface area contributed by atoms with E-state index in [1.165, 1.54) is 96.6 Å². The van der Waals surface area contributed by atoms with Crippen LogP contribution < -0.4 is 4.57 Å². The first-order valence-corrected chi connectivity index (χ1v) is 10.4. The van der Waals surface area contributed by atoms with E-state index in [0.717, 1.165) is 0 Å². The van der Waals surface area contributed by atoms with Gasteiger partial charge in [0.25, 0.3) is 5.82 Å². The Morgan fingerprint density at radius 2 is 1.35 bits per heavy atom. The Labute approximate surface area is 145 Å². The van der Waals surface area contributed by atoms with Gasteiger partial charge in [-0.15, -0.1) is 0 Å². The average molecular weight is 322 g/mol. The molecule has 0 atom stereocenters. The van der Waals surface area contributed by atoms with Crippen molar-refractivity contribution in [3.05, 3.63) is 18.2 Å². The Morgan fingerprint density at radius 3 is 2.00 bits per heavy atom. The first-order valence-electron chi connectivity index (χ1n) is 10.4. The number of aromatic nitrogens is 2. The van der Waals surface area contributed by atoms with E-state index < -0.39 is 0 Å². The highest BCUT2D eigenvalue weighted by atomic mass is 15.1. The van der Waals surface area contributed by atoms with Crippen molar-refractivity contribution < 1.29 is 4.57 Å². The standard InChI is InChI=1S/C21H41N2/c1-4-7-10-12-14-16-21-22(17-9-6-3)19-20-23(21)18-15-13-11-8-5-2/h19-20H,4-18H2,1-3H3/q+1. The van der Waals surface area contributed by atoms with Crippen molar-refractivity contribution in [2.45, 2.75) is 117 Å². The van der Waals surface area contributed by atoms with Crippen LogP contribution in [0.5, 0.6) is 0 Å². The Morgan fingerprint density at radius 1 is 0.739 bits per heavy atom. The molecule has 0 aliphatic rings. The van der Waals surface area contributed by atoms with Gasteiger partial charge < -0.3 is 0 Å². The molecule has 0 aliphatic heterocycles. The molecule has 23 heavy (non-hydrogen) atoms. The van der Waals surface area contributed by atoms with Crippen LogP contribution in [0.25, 0.3) is 0 Å². The van der Waals surface area contributed by atoms with Crippen LogP contribution in [0.15, 0.2) is 12.4 Å². The second kappa shape index (κ2) is 13.6. The molecule has 1 aromatic rings. The summed E-state index contributed by atoms with van der Waals surface area (Å²) in [6.07, 6.45) is 22.2. The van der Waals surface area contributed by atoms with E-state index in [-0.39, 0.29) is 0 Å². The second-order valence-electron chi connectivity index (χ2n) is 7.03. The topological polar surface area (TPSA) is 8.81 Å². The zero-order valence-electron chi connectivity index (χ0n) is 16.2. The van der Waals surface area contributed by atoms with Crippen LogP contribution in [0.4, 0.5) is 0 Å². The molecule has 0 aliphatic carbocycles. The first kappa shape index (κ1) is 20.3. The van der Waals surface area contributed by atoms with Crippen LogP contribution in [0.3, 0.4) is 0 Å². The predicted octanol–water partition coefficient (Wildman–Crippen LogP) is 6.06. The fourth-order valence-electron chi connectivity index (χ4n) is 3.29. The molecule has 1 aromatic heterocycles. The van der Waals surface area contributed by atoms with Crippen molar-refractivity contribution in [2.75, 3.05) is 0 Å². The third-order valence-corrected chi connectivity index (χ3v) is 4.85. The van der Waals surface area contributed by atoms with E-state index >= 15 is 0 Å². The molecule has 1 rings (SSSR count). The summed E-state index contributed by atoms with van der Waals surface area (Å²) in [7, 11) is 0. The lowest BCUT2D eigenvalue weighted by Crippen LogP contribution is -2.37. The van der Waals surface area contributed by atoms with Gasteiger partial charge in [0, 0.05) is 6.42 Å². The van der Waals surface area contributed by atoms with E-state index in [1.54, 1.807) is 5.82 Å². The van der Waals surface area contributed by atoms with Gasteiger partial charge in [0.2, 0.25) is 0 Å². The van der Waals surface area contributed by atoms with Crippen molar-refractivity contribution in [1.29, 1.82) is 0 Å². The highest BCUT2D eigenvalue weighted by molar-refractivity contribution is 4.84. The first-order chi connectivity index (χ1) is 11.3. The van der Waals surface area contributed by atoms with Crippen LogP contribution in [0.1, 0.15) is 104 Å². The van der Waals surface area contributed by atoms with Gasteiger partial charge >= 0.3 is 0 Å².